The molecule has 1 saturated heterocycles. The Morgan fingerprint density at radius 1 is 1.19 bits per heavy atom. The summed E-state index contributed by atoms with van der Waals surface area (Å²) in [5, 5.41) is 7.30. The molecule has 21 heavy (non-hydrogen) atoms. The van der Waals surface area contributed by atoms with Crippen molar-refractivity contribution in [3.8, 4) is 0 Å². The van der Waals surface area contributed by atoms with Crippen molar-refractivity contribution in [2.45, 2.75) is 44.2 Å². The summed E-state index contributed by atoms with van der Waals surface area (Å²) in [5.41, 5.74) is 1.70. The zero-order valence-corrected chi connectivity index (χ0v) is 12.6. The molecule has 3 rings (SSSR count). The van der Waals surface area contributed by atoms with Gasteiger partial charge in [0, 0.05) is 17.8 Å². The van der Waals surface area contributed by atoms with Crippen molar-refractivity contribution in [1.29, 1.82) is 0 Å². The first-order chi connectivity index (χ1) is 10.3. The lowest BCUT2D eigenvalue weighted by Gasteiger charge is -2.27. The number of esters is 1. The molecule has 0 aromatic heterocycles. The van der Waals surface area contributed by atoms with Crippen molar-refractivity contribution in [3.05, 3.63) is 29.8 Å². The van der Waals surface area contributed by atoms with Gasteiger partial charge < -0.3 is 15.4 Å². The first-order valence-electron chi connectivity index (χ1n) is 7.96. The minimum atomic E-state index is -0.282. The molecule has 1 aliphatic carbocycles. The Labute approximate surface area is 126 Å². The average Bonchev–Trinajstić information content (AvgIpc) is 3.18. The summed E-state index contributed by atoms with van der Waals surface area (Å²) in [6.07, 6.45) is 6.48. The zero-order valence-electron chi connectivity index (χ0n) is 12.6. The molecule has 0 radical (unpaired) electrons. The monoisotopic (exact) mass is 288 g/mol. The third-order valence-corrected chi connectivity index (χ3v) is 4.84. The fourth-order valence-electron chi connectivity index (χ4n) is 3.76. The number of ether oxygens (including phenoxy) is 1. The van der Waals surface area contributed by atoms with E-state index >= 15 is 0 Å². The second-order valence-electron chi connectivity index (χ2n) is 6.12. The van der Waals surface area contributed by atoms with Crippen LogP contribution in [0, 0.1) is 5.92 Å². The Morgan fingerprint density at radius 2 is 2.00 bits per heavy atom. The predicted molar refractivity (Wildman–Crippen MR) is 83.6 cm³/mol. The summed E-state index contributed by atoms with van der Waals surface area (Å²) < 4.78 is 4.73. The highest BCUT2D eigenvalue weighted by Crippen LogP contribution is 2.33. The van der Waals surface area contributed by atoms with Gasteiger partial charge in [-0.15, -0.1) is 0 Å². The number of hydrogen-bond acceptors (Lipinski definition) is 4. The molecule has 0 amide bonds. The molecule has 2 N–H and O–H groups in total. The van der Waals surface area contributed by atoms with Gasteiger partial charge in [-0.25, -0.2) is 4.79 Å². The van der Waals surface area contributed by atoms with E-state index in [1.54, 1.807) is 0 Å². The van der Waals surface area contributed by atoms with Gasteiger partial charge in [-0.1, -0.05) is 6.42 Å². The van der Waals surface area contributed by atoms with E-state index in [0.717, 1.165) is 11.6 Å². The van der Waals surface area contributed by atoms with Crippen molar-refractivity contribution in [2.24, 2.45) is 5.92 Å². The van der Waals surface area contributed by atoms with Crippen LogP contribution in [0.5, 0.6) is 0 Å². The molecule has 4 heteroatoms. The van der Waals surface area contributed by atoms with Crippen LogP contribution in [0.15, 0.2) is 24.3 Å². The summed E-state index contributed by atoms with van der Waals surface area (Å²) in [6.45, 7) is 1.17. The maximum absolute atomic E-state index is 11.4. The number of carbonyl (C=O) groups excluding carboxylic acids is 1. The van der Waals surface area contributed by atoms with E-state index in [1.807, 2.05) is 24.3 Å². The van der Waals surface area contributed by atoms with Crippen LogP contribution in [-0.2, 0) is 4.74 Å². The number of anilines is 1. The summed E-state index contributed by atoms with van der Waals surface area (Å²) in [7, 11) is 1.41. The maximum Gasteiger partial charge on any atom is 0.337 e. The molecule has 1 saturated carbocycles. The van der Waals surface area contributed by atoms with E-state index < -0.39 is 0 Å². The summed E-state index contributed by atoms with van der Waals surface area (Å²) >= 11 is 0. The lowest BCUT2D eigenvalue weighted by atomic mass is 9.93. The maximum atomic E-state index is 11.4. The topological polar surface area (TPSA) is 50.4 Å². The van der Waals surface area contributed by atoms with E-state index in [2.05, 4.69) is 10.6 Å². The standard InChI is InChI=1S/C17H24N2O2/c1-21-17(20)12-7-9-13(10-8-12)19-16-5-2-4-14(16)15-6-3-11-18-15/h7-10,14-16,18-19H,2-6,11H2,1H3. The van der Waals surface area contributed by atoms with E-state index in [9.17, 15) is 4.79 Å². The van der Waals surface area contributed by atoms with Crippen molar-refractivity contribution in [1.82, 2.24) is 5.32 Å². The quantitative estimate of drug-likeness (QED) is 0.837. The Kier molecular flexibility index (Phi) is 4.44. The Bertz CT molecular complexity index is 480. The van der Waals surface area contributed by atoms with Gasteiger partial charge in [0.05, 0.1) is 12.7 Å². The first-order valence-corrected chi connectivity index (χ1v) is 7.96. The number of carbonyl (C=O) groups is 1. The van der Waals surface area contributed by atoms with E-state index in [4.69, 9.17) is 4.74 Å². The number of nitrogens with one attached hydrogen (secondary N) is 2. The molecule has 3 atom stereocenters. The lowest BCUT2D eigenvalue weighted by molar-refractivity contribution is 0.0601. The number of methoxy groups -OCH3 is 1. The Balaban J connectivity index is 1.63. The van der Waals surface area contributed by atoms with E-state index in [-0.39, 0.29) is 5.97 Å². The molecule has 3 unspecified atom stereocenters. The van der Waals surface area contributed by atoms with Crippen molar-refractivity contribution in [2.75, 3.05) is 19.0 Å². The van der Waals surface area contributed by atoms with Crippen molar-refractivity contribution < 1.29 is 9.53 Å². The molecule has 2 aliphatic rings. The normalized spacial score (nSPS) is 28.5. The van der Waals surface area contributed by atoms with Crippen LogP contribution >= 0.6 is 0 Å². The van der Waals surface area contributed by atoms with Crippen LogP contribution in [0.25, 0.3) is 0 Å². The van der Waals surface area contributed by atoms with Gasteiger partial charge in [0.25, 0.3) is 0 Å². The first kappa shape index (κ1) is 14.4. The summed E-state index contributed by atoms with van der Waals surface area (Å²) in [6, 6.07) is 8.83. The largest absolute Gasteiger partial charge is 0.465 e. The van der Waals surface area contributed by atoms with Crippen LogP contribution in [0.4, 0.5) is 5.69 Å². The third kappa shape index (κ3) is 3.21. The van der Waals surface area contributed by atoms with Crippen molar-refractivity contribution >= 4 is 11.7 Å². The van der Waals surface area contributed by atoms with Crippen molar-refractivity contribution in [3.63, 3.8) is 0 Å². The molecule has 1 aromatic rings. The van der Waals surface area contributed by atoms with Gasteiger partial charge in [0.15, 0.2) is 0 Å². The van der Waals surface area contributed by atoms with Gasteiger partial charge in [-0.3, -0.25) is 0 Å². The Morgan fingerprint density at radius 3 is 2.67 bits per heavy atom. The molecule has 0 bridgehead atoms. The van der Waals surface area contributed by atoms with Crippen LogP contribution < -0.4 is 10.6 Å². The SMILES string of the molecule is COC(=O)c1ccc(NC2CCCC2C2CCCN2)cc1. The van der Waals surface area contributed by atoms with E-state index in [1.165, 1.54) is 45.8 Å². The van der Waals surface area contributed by atoms with Gasteiger partial charge in [-0.2, -0.15) is 0 Å². The van der Waals surface area contributed by atoms with Gasteiger partial charge in [0.1, 0.15) is 0 Å². The van der Waals surface area contributed by atoms with Gasteiger partial charge in [0.2, 0.25) is 0 Å². The fraction of sp³-hybridized carbons (Fsp3) is 0.588. The van der Waals surface area contributed by atoms with Gasteiger partial charge in [-0.05, 0) is 62.4 Å². The lowest BCUT2D eigenvalue weighted by Crippen LogP contribution is -2.38. The second-order valence-corrected chi connectivity index (χ2v) is 6.12. The molecule has 114 valence electrons. The predicted octanol–water partition coefficient (Wildman–Crippen LogP) is 2.81. The molecule has 1 aromatic carbocycles. The minimum absolute atomic E-state index is 0.282. The molecular formula is C17H24N2O2. The number of rotatable bonds is 4. The van der Waals surface area contributed by atoms with Crippen LogP contribution in [-0.4, -0.2) is 31.7 Å². The van der Waals surface area contributed by atoms with Crippen LogP contribution in [0.1, 0.15) is 42.5 Å². The fourth-order valence-corrected chi connectivity index (χ4v) is 3.76. The average molecular weight is 288 g/mol. The number of benzene rings is 1. The third-order valence-electron chi connectivity index (χ3n) is 4.84. The summed E-state index contributed by atoms with van der Waals surface area (Å²) in [4.78, 5) is 11.4. The highest BCUT2D eigenvalue weighted by molar-refractivity contribution is 5.89. The van der Waals surface area contributed by atoms with E-state index in [0.29, 0.717) is 17.6 Å². The smallest absolute Gasteiger partial charge is 0.337 e. The second kappa shape index (κ2) is 6.48. The minimum Gasteiger partial charge on any atom is -0.465 e. The van der Waals surface area contributed by atoms with Crippen LogP contribution in [0.3, 0.4) is 0 Å². The highest BCUT2D eigenvalue weighted by atomic mass is 16.5. The molecule has 1 heterocycles. The highest BCUT2D eigenvalue weighted by Gasteiger charge is 2.34. The molecule has 2 fully saturated rings. The van der Waals surface area contributed by atoms with Gasteiger partial charge >= 0.3 is 5.97 Å². The molecule has 4 nitrogen and oxygen atoms in total. The van der Waals surface area contributed by atoms with Crippen LogP contribution in [0.2, 0.25) is 0 Å². The summed E-state index contributed by atoms with van der Waals surface area (Å²) in [5.74, 6) is 0.447. The molecule has 0 spiro atoms. The molecular weight excluding hydrogens is 264 g/mol. The zero-order chi connectivity index (χ0) is 14.7. The Hall–Kier alpha value is -1.55. The molecule has 1 aliphatic heterocycles. The number of hydrogen-bond donors (Lipinski definition) is 2.